The van der Waals surface area contributed by atoms with E-state index in [0.29, 0.717) is 45.1 Å². The molecule has 0 bridgehead atoms. The number of nitrogens with one attached hydrogen (secondary N) is 5. The third-order valence-corrected chi connectivity index (χ3v) is 9.67. The number of carbonyl (C=O) groups excluding carboxylic acids is 6. The number of azide groups is 3. The molecule has 0 aliphatic heterocycles. The van der Waals surface area contributed by atoms with Crippen molar-refractivity contribution >= 4 is 70.8 Å². The van der Waals surface area contributed by atoms with Crippen LogP contribution in [0.15, 0.2) is 15.3 Å². The minimum absolute atomic E-state index is 0.0162. The van der Waals surface area contributed by atoms with Crippen LogP contribution in [-0.4, -0.2) is 172 Å². The fourth-order valence-electron chi connectivity index (χ4n) is 5.96. The molecule has 0 aromatic carbocycles. The highest BCUT2D eigenvalue weighted by Gasteiger charge is 2.32. The van der Waals surface area contributed by atoms with Crippen LogP contribution in [0, 0.1) is 5.92 Å². The number of aliphatic carboxylic acids is 6. The molecule has 0 aromatic rings. The summed E-state index contributed by atoms with van der Waals surface area (Å²) in [6.07, 6.45) is -1.06. The van der Waals surface area contributed by atoms with Gasteiger partial charge >= 0.3 is 35.8 Å². The van der Waals surface area contributed by atoms with Gasteiger partial charge in [0, 0.05) is 60.1 Å². The molecule has 32 nitrogen and oxygen atoms in total. The van der Waals surface area contributed by atoms with Crippen molar-refractivity contribution in [3.63, 3.8) is 0 Å². The van der Waals surface area contributed by atoms with Gasteiger partial charge in [0.25, 0.3) is 0 Å². The largest absolute Gasteiger partial charge is 0.481 e. The smallest absolute Gasteiger partial charge is 0.305 e. The SMILES string of the molecule is CNC(CC(=O)O)C(=O)CC(CC(=O)O)C(=O)NC(CC(=O)O)C(=O)CCCCN=[N+]=[N-].CNC(CC(=O)O)C(=O)CCCCN=[N+]=[N-].CNC(CC(=O)O)C(=O)NC(CC(=O)O)C(=O)CCCCN=[N+]=[N-]. The van der Waals surface area contributed by atoms with Gasteiger partial charge in [-0.25, -0.2) is 0 Å². The zero-order valence-electron chi connectivity index (χ0n) is 40.0. The molecule has 0 saturated carbocycles. The molecule has 0 spiro atoms. The van der Waals surface area contributed by atoms with Crippen LogP contribution in [0.4, 0.5) is 0 Å². The Morgan fingerprint density at radius 1 is 0.375 bits per heavy atom. The molecule has 2 amide bonds. The number of carbonyl (C=O) groups is 12. The van der Waals surface area contributed by atoms with E-state index in [1.54, 1.807) is 7.05 Å². The van der Waals surface area contributed by atoms with Crippen molar-refractivity contribution in [2.24, 2.45) is 21.3 Å². The number of unbranched alkanes of at least 4 members (excludes halogenated alkanes) is 3. The van der Waals surface area contributed by atoms with E-state index >= 15 is 0 Å². The summed E-state index contributed by atoms with van der Waals surface area (Å²) < 4.78 is 0. The number of hydrogen-bond acceptors (Lipinski definition) is 18. The minimum atomic E-state index is -1.44. The summed E-state index contributed by atoms with van der Waals surface area (Å²) in [6.45, 7) is 0.735. The van der Waals surface area contributed by atoms with E-state index in [0.717, 1.165) is 0 Å². The van der Waals surface area contributed by atoms with Gasteiger partial charge < -0.3 is 57.2 Å². The first kappa shape index (κ1) is 68.5. The zero-order chi connectivity index (χ0) is 55.6. The Morgan fingerprint density at radius 2 is 0.653 bits per heavy atom. The van der Waals surface area contributed by atoms with Crippen LogP contribution >= 0.6 is 0 Å². The molecular weight excluding hydrogens is 965 g/mol. The molecule has 0 fully saturated rings. The third kappa shape index (κ3) is 37.2. The van der Waals surface area contributed by atoms with E-state index < -0.39 is 140 Å². The number of hydrogen-bond donors (Lipinski definition) is 11. The van der Waals surface area contributed by atoms with Crippen molar-refractivity contribution in [1.29, 1.82) is 0 Å². The first-order valence-corrected chi connectivity index (χ1v) is 22.0. The molecule has 0 rings (SSSR count). The molecule has 0 heterocycles. The molecule has 72 heavy (non-hydrogen) atoms. The molecule has 0 saturated heterocycles. The van der Waals surface area contributed by atoms with Crippen molar-refractivity contribution in [2.75, 3.05) is 40.8 Å². The maximum Gasteiger partial charge on any atom is 0.305 e. The second-order valence-electron chi connectivity index (χ2n) is 15.2. The Hall–Kier alpha value is -7.75. The quantitative estimate of drug-likeness (QED) is 0.0178. The predicted molar refractivity (Wildman–Crippen MR) is 248 cm³/mol. The lowest BCUT2D eigenvalue weighted by atomic mass is 9.92. The Kier molecular flexibility index (Phi) is 40.1. The van der Waals surface area contributed by atoms with Gasteiger partial charge in [0.1, 0.15) is 5.78 Å². The van der Waals surface area contributed by atoms with Crippen molar-refractivity contribution in [1.82, 2.24) is 26.6 Å². The summed E-state index contributed by atoms with van der Waals surface area (Å²) in [7, 11) is 4.28. The Morgan fingerprint density at radius 3 is 0.958 bits per heavy atom. The molecule has 6 atom stereocenters. The highest BCUT2D eigenvalue weighted by Crippen LogP contribution is 2.15. The highest BCUT2D eigenvalue weighted by atomic mass is 16.4. The number of ketones is 4. The van der Waals surface area contributed by atoms with Crippen LogP contribution in [0.5, 0.6) is 0 Å². The summed E-state index contributed by atoms with van der Waals surface area (Å²) in [5, 5.41) is 75.2. The summed E-state index contributed by atoms with van der Waals surface area (Å²) in [6, 6.07) is -5.53. The third-order valence-electron chi connectivity index (χ3n) is 9.67. The molecule has 402 valence electrons. The molecule has 0 aliphatic rings. The Bertz CT molecular complexity index is 1990. The molecule has 32 heteroatoms. The first-order chi connectivity index (χ1) is 33.9. The van der Waals surface area contributed by atoms with E-state index in [1.807, 2.05) is 0 Å². The number of carboxylic acid groups (broad SMARTS) is 6. The predicted octanol–water partition coefficient (Wildman–Crippen LogP) is 1.27. The van der Waals surface area contributed by atoms with Crippen LogP contribution < -0.4 is 26.6 Å². The summed E-state index contributed by atoms with van der Waals surface area (Å²) in [5.41, 5.74) is 24.4. The fraction of sp³-hybridized carbons (Fsp3) is 0.700. The van der Waals surface area contributed by atoms with Gasteiger partial charge in [-0.05, 0) is 76.3 Å². The standard InChI is InChI=1S/C18H27N5O9.C13H21N5O6.C9H16N4O3/c1-20-11(8-16(28)29)14(25)6-10(7-15(26)27)18(32)22-12(9-17(30)31)13(24)4-2-3-5-21-23-19;1-15-9(7-12(22)23)13(24)17-8(6-11(20)21)10(19)4-2-3-5-16-18-14;1-11-7(6-9(15)16)8(14)4-2-3-5-12-13-10/h10-12,20H,2-9H2,1H3,(H,22,32)(H,26,27)(H,28,29)(H,30,31);8-9,15H,2-7H2,1H3,(H,17,24)(H,20,21)(H,22,23);7,11H,2-6H2,1H3,(H,15,16). The molecular formula is C40H64N14O18. The molecule has 0 aliphatic carbocycles. The number of carboxylic acids is 6. The summed E-state index contributed by atoms with van der Waals surface area (Å²) >= 11 is 0. The topological polar surface area (TPSA) is 533 Å². The Labute approximate surface area is 411 Å². The highest BCUT2D eigenvalue weighted by molar-refractivity contribution is 5.97. The van der Waals surface area contributed by atoms with E-state index in [1.165, 1.54) is 14.1 Å². The first-order valence-electron chi connectivity index (χ1n) is 22.0. The van der Waals surface area contributed by atoms with E-state index in [4.69, 9.17) is 47.2 Å². The number of amides is 2. The summed E-state index contributed by atoms with van der Waals surface area (Å²) in [4.78, 5) is 146. The van der Waals surface area contributed by atoms with E-state index in [2.05, 4.69) is 56.7 Å². The maximum absolute atomic E-state index is 12.6. The van der Waals surface area contributed by atoms with Crippen LogP contribution in [0.1, 0.15) is 103 Å². The number of rotatable bonds is 40. The lowest BCUT2D eigenvalue weighted by molar-refractivity contribution is -0.144. The molecule has 0 aromatic heterocycles. The van der Waals surface area contributed by atoms with Gasteiger partial charge in [-0.2, -0.15) is 0 Å². The zero-order valence-corrected chi connectivity index (χ0v) is 40.0. The molecule has 6 unspecified atom stereocenters. The van der Waals surface area contributed by atoms with Gasteiger partial charge in [-0.1, -0.05) is 15.3 Å². The molecule has 0 radical (unpaired) electrons. The normalized spacial score (nSPS) is 12.6. The van der Waals surface area contributed by atoms with E-state index in [-0.39, 0.29) is 44.6 Å². The average Bonchev–Trinajstić information content (AvgIpc) is 3.30. The lowest BCUT2D eigenvalue weighted by Crippen LogP contribution is -2.50. The number of likely N-dealkylation sites (N-methyl/N-ethyl adjacent to an activating group) is 3. The van der Waals surface area contributed by atoms with E-state index in [9.17, 15) is 57.5 Å². The van der Waals surface area contributed by atoms with Crippen LogP contribution in [-0.2, 0) is 57.5 Å². The fourth-order valence-corrected chi connectivity index (χ4v) is 5.96. The average molecular weight is 1030 g/mol. The molecule has 11 N–H and O–H groups in total. The lowest BCUT2D eigenvalue weighted by Gasteiger charge is -2.21. The monoisotopic (exact) mass is 1030 g/mol. The number of nitrogens with zero attached hydrogens (tertiary/aromatic N) is 9. The van der Waals surface area contributed by atoms with Crippen LogP contribution in [0.2, 0.25) is 0 Å². The van der Waals surface area contributed by atoms with Crippen LogP contribution in [0.3, 0.4) is 0 Å². The summed E-state index contributed by atoms with van der Waals surface area (Å²) in [5.74, 6) is -12.6. The van der Waals surface area contributed by atoms with Crippen molar-refractivity contribution in [3.8, 4) is 0 Å². The van der Waals surface area contributed by atoms with Gasteiger partial charge in [-0.15, -0.1) is 0 Å². The minimum Gasteiger partial charge on any atom is -0.481 e. The number of Topliss-reactive ketones (excluding diaryl/α,β-unsaturated/α-hetero) is 4. The van der Waals surface area contributed by atoms with Crippen molar-refractivity contribution < 1.29 is 88.2 Å². The second-order valence-corrected chi connectivity index (χ2v) is 15.2. The van der Waals surface area contributed by atoms with Gasteiger partial charge in [0.05, 0.1) is 74.7 Å². The maximum atomic E-state index is 12.6. The van der Waals surface area contributed by atoms with Gasteiger partial charge in [-0.3, -0.25) is 57.5 Å². The second kappa shape index (κ2) is 42.2. The van der Waals surface area contributed by atoms with Crippen molar-refractivity contribution in [2.45, 2.75) is 133 Å². The van der Waals surface area contributed by atoms with Gasteiger partial charge in [0.15, 0.2) is 17.3 Å². The van der Waals surface area contributed by atoms with Crippen molar-refractivity contribution in [3.05, 3.63) is 31.3 Å². The Balaban J connectivity index is -0.00000105. The van der Waals surface area contributed by atoms with Gasteiger partial charge in [0.2, 0.25) is 11.8 Å². The van der Waals surface area contributed by atoms with Crippen LogP contribution in [0.25, 0.3) is 31.3 Å².